The minimum atomic E-state index is -0.0128. The molecule has 0 saturated heterocycles. The van der Waals surface area contributed by atoms with E-state index in [0.29, 0.717) is 5.92 Å². The summed E-state index contributed by atoms with van der Waals surface area (Å²) in [6.45, 7) is 4.41. The lowest BCUT2D eigenvalue weighted by Gasteiger charge is -2.28. The molecule has 9 heavy (non-hydrogen) atoms. The summed E-state index contributed by atoms with van der Waals surface area (Å²) in [4.78, 5) is 0. The summed E-state index contributed by atoms with van der Waals surface area (Å²) in [5.74, 6) is 1.37. The molecule has 0 heterocycles. The monoisotopic (exact) mass is 128 g/mol. The van der Waals surface area contributed by atoms with E-state index in [1.54, 1.807) is 0 Å². The van der Waals surface area contributed by atoms with Crippen LogP contribution in [0.1, 0.15) is 33.1 Å². The van der Waals surface area contributed by atoms with Gasteiger partial charge in [0.15, 0.2) is 0 Å². The molecular weight excluding hydrogens is 112 g/mol. The quantitative estimate of drug-likeness (QED) is 0.527. The van der Waals surface area contributed by atoms with Crippen molar-refractivity contribution in [3.63, 3.8) is 0 Å². The van der Waals surface area contributed by atoms with Crippen molar-refractivity contribution < 1.29 is 5.11 Å². The van der Waals surface area contributed by atoms with E-state index in [2.05, 4.69) is 13.8 Å². The second kappa shape index (κ2) is 2.70. The van der Waals surface area contributed by atoms with Gasteiger partial charge in [-0.15, -0.1) is 0 Å². The van der Waals surface area contributed by atoms with Crippen LogP contribution in [-0.4, -0.2) is 11.2 Å². The number of rotatable bonds is 0. The van der Waals surface area contributed by atoms with Crippen LogP contribution in [0.3, 0.4) is 0 Å². The van der Waals surface area contributed by atoms with Gasteiger partial charge in [-0.05, 0) is 31.1 Å². The number of hydrogen-bond acceptors (Lipinski definition) is 1. The number of aliphatic hydroxyl groups is 1. The van der Waals surface area contributed by atoms with Crippen molar-refractivity contribution in [1.29, 1.82) is 0 Å². The molecule has 0 amide bonds. The predicted molar refractivity (Wildman–Crippen MR) is 38.2 cm³/mol. The van der Waals surface area contributed by atoms with Gasteiger partial charge in [-0.2, -0.15) is 0 Å². The molecule has 0 aromatic rings. The largest absolute Gasteiger partial charge is 0.393 e. The normalized spacial score (nSPS) is 45.0. The zero-order valence-corrected chi connectivity index (χ0v) is 6.30. The van der Waals surface area contributed by atoms with Crippen molar-refractivity contribution in [2.75, 3.05) is 0 Å². The third kappa shape index (κ3) is 1.68. The first-order chi connectivity index (χ1) is 4.20. The Balaban J connectivity index is 2.35. The lowest BCUT2D eigenvalue weighted by molar-refractivity contribution is 0.0611. The van der Waals surface area contributed by atoms with Crippen molar-refractivity contribution in [2.45, 2.75) is 39.2 Å². The van der Waals surface area contributed by atoms with Crippen molar-refractivity contribution in [3.05, 3.63) is 0 Å². The molecule has 0 aliphatic heterocycles. The third-order valence-corrected chi connectivity index (χ3v) is 2.39. The van der Waals surface area contributed by atoms with Crippen LogP contribution in [0.15, 0.2) is 0 Å². The van der Waals surface area contributed by atoms with Crippen LogP contribution >= 0.6 is 0 Å². The maximum Gasteiger partial charge on any atom is 0.0566 e. The average molecular weight is 128 g/mol. The van der Waals surface area contributed by atoms with E-state index < -0.39 is 0 Å². The molecule has 1 saturated carbocycles. The van der Waals surface area contributed by atoms with E-state index in [1.165, 1.54) is 12.8 Å². The molecule has 0 radical (unpaired) electrons. The van der Waals surface area contributed by atoms with Gasteiger partial charge in [-0.3, -0.25) is 0 Å². The third-order valence-electron chi connectivity index (χ3n) is 2.39. The Bertz CT molecular complexity index is 90.6. The highest BCUT2D eigenvalue weighted by molar-refractivity contribution is 4.74. The second-order valence-corrected chi connectivity index (χ2v) is 3.46. The molecule has 1 nitrogen and oxygen atoms in total. The topological polar surface area (TPSA) is 20.2 Å². The van der Waals surface area contributed by atoms with Crippen LogP contribution in [0.25, 0.3) is 0 Å². The zero-order chi connectivity index (χ0) is 6.85. The predicted octanol–water partition coefficient (Wildman–Crippen LogP) is 1.80. The number of hydrogen-bond donors (Lipinski definition) is 1. The lowest BCUT2D eigenvalue weighted by Crippen LogP contribution is -2.25. The molecule has 1 aliphatic carbocycles. The van der Waals surface area contributed by atoms with E-state index in [9.17, 15) is 5.11 Å². The molecular formula is C8H16O. The Morgan fingerprint density at radius 1 is 1.22 bits per heavy atom. The van der Waals surface area contributed by atoms with Gasteiger partial charge in [0.05, 0.1) is 6.10 Å². The SMILES string of the molecule is C[C@@H]1CC[C@H](O)[C@@H](C)C1. The Hall–Kier alpha value is -0.0400. The first-order valence-electron chi connectivity index (χ1n) is 3.88. The molecule has 0 aromatic carbocycles. The van der Waals surface area contributed by atoms with Gasteiger partial charge < -0.3 is 5.11 Å². The summed E-state index contributed by atoms with van der Waals surface area (Å²) in [5.41, 5.74) is 0. The fraction of sp³-hybridized carbons (Fsp3) is 1.00. The minimum absolute atomic E-state index is 0.0128. The molecule has 0 bridgehead atoms. The van der Waals surface area contributed by atoms with E-state index in [0.717, 1.165) is 12.3 Å². The van der Waals surface area contributed by atoms with Gasteiger partial charge in [0, 0.05) is 0 Å². The molecule has 0 aromatic heterocycles. The molecule has 0 unspecified atom stereocenters. The van der Waals surface area contributed by atoms with E-state index in [4.69, 9.17) is 0 Å². The highest BCUT2D eigenvalue weighted by Crippen LogP contribution is 2.28. The highest BCUT2D eigenvalue weighted by Gasteiger charge is 2.22. The second-order valence-electron chi connectivity index (χ2n) is 3.46. The highest BCUT2D eigenvalue weighted by atomic mass is 16.3. The van der Waals surface area contributed by atoms with Gasteiger partial charge in [0.1, 0.15) is 0 Å². The summed E-state index contributed by atoms with van der Waals surface area (Å²) >= 11 is 0. The van der Waals surface area contributed by atoms with Crippen LogP contribution in [0, 0.1) is 11.8 Å². The van der Waals surface area contributed by atoms with Crippen molar-refractivity contribution >= 4 is 0 Å². The maximum absolute atomic E-state index is 9.30. The Morgan fingerprint density at radius 3 is 2.33 bits per heavy atom. The lowest BCUT2D eigenvalue weighted by atomic mass is 9.81. The summed E-state index contributed by atoms with van der Waals surface area (Å²) in [6.07, 6.45) is 3.43. The van der Waals surface area contributed by atoms with Crippen molar-refractivity contribution in [2.24, 2.45) is 11.8 Å². The standard InChI is InChI=1S/C8H16O/c1-6-3-4-8(9)7(2)5-6/h6-9H,3-5H2,1-2H3/t6-,7+,8+/m1/s1. The molecule has 54 valence electrons. The Morgan fingerprint density at radius 2 is 1.89 bits per heavy atom. The average Bonchev–Trinajstić information content (AvgIpc) is 1.80. The van der Waals surface area contributed by atoms with Crippen LogP contribution in [0.5, 0.6) is 0 Å². The maximum atomic E-state index is 9.30. The van der Waals surface area contributed by atoms with Gasteiger partial charge in [-0.25, -0.2) is 0 Å². The molecule has 1 fully saturated rings. The van der Waals surface area contributed by atoms with E-state index in [1.807, 2.05) is 0 Å². The van der Waals surface area contributed by atoms with Gasteiger partial charge in [-0.1, -0.05) is 13.8 Å². The van der Waals surface area contributed by atoms with Gasteiger partial charge in [0.25, 0.3) is 0 Å². The molecule has 3 atom stereocenters. The van der Waals surface area contributed by atoms with E-state index >= 15 is 0 Å². The Kier molecular flexibility index (Phi) is 2.12. The van der Waals surface area contributed by atoms with E-state index in [-0.39, 0.29) is 6.10 Å². The fourth-order valence-corrected chi connectivity index (χ4v) is 1.65. The summed E-state index contributed by atoms with van der Waals surface area (Å²) in [6, 6.07) is 0. The summed E-state index contributed by atoms with van der Waals surface area (Å²) in [7, 11) is 0. The van der Waals surface area contributed by atoms with Crippen LogP contribution in [0.4, 0.5) is 0 Å². The van der Waals surface area contributed by atoms with Gasteiger partial charge >= 0.3 is 0 Å². The molecule has 1 heteroatoms. The molecule has 1 aliphatic rings. The van der Waals surface area contributed by atoms with Gasteiger partial charge in [0.2, 0.25) is 0 Å². The number of aliphatic hydroxyl groups excluding tert-OH is 1. The summed E-state index contributed by atoms with van der Waals surface area (Å²) in [5, 5.41) is 9.30. The van der Waals surface area contributed by atoms with Crippen LogP contribution < -0.4 is 0 Å². The molecule has 1 rings (SSSR count). The molecule has 1 N–H and O–H groups in total. The first kappa shape index (κ1) is 7.07. The minimum Gasteiger partial charge on any atom is -0.393 e. The summed E-state index contributed by atoms with van der Waals surface area (Å²) < 4.78 is 0. The molecule has 0 spiro atoms. The van der Waals surface area contributed by atoms with Crippen LogP contribution in [0.2, 0.25) is 0 Å². The van der Waals surface area contributed by atoms with Crippen LogP contribution in [-0.2, 0) is 0 Å². The first-order valence-corrected chi connectivity index (χ1v) is 3.88. The zero-order valence-electron chi connectivity index (χ0n) is 6.30. The van der Waals surface area contributed by atoms with Crippen molar-refractivity contribution in [1.82, 2.24) is 0 Å². The van der Waals surface area contributed by atoms with Crippen molar-refractivity contribution in [3.8, 4) is 0 Å². The Labute approximate surface area is 57.1 Å². The smallest absolute Gasteiger partial charge is 0.0566 e. The fourth-order valence-electron chi connectivity index (χ4n) is 1.65.